The molecule has 0 amide bonds. The molecular weight excluding hydrogens is 666 g/mol. The summed E-state index contributed by atoms with van der Waals surface area (Å²) in [4.78, 5) is 20.5. The number of likely N-dealkylation sites (tertiary alicyclic amines) is 1. The van der Waals surface area contributed by atoms with E-state index in [0.717, 1.165) is 50.8 Å². The minimum atomic E-state index is -0.850. The van der Waals surface area contributed by atoms with E-state index < -0.39 is 17.9 Å². The Balaban J connectivity index is 1.26. The molecule has 5 aromatic rings. The van der Waals surface area contributed by atoms with E-state index in [1.165, 1.54) is 12.1 Å². The molecular formula is C39H46F2N8O3. The normalized spacial score (nSPS) is 21.5. The number of aromatic nitrogens is 5. The molecule has 274 valence electrons. The molecule has 3 unspecified atom stereocenters. The second kappa shape index (κ2) is 13.5. The van der Waals surface area contributed by atoms with Gasteiger partial charge in [-0.25, -0.2) is 8.78 Å². The van der Waals surface area contributed by atoms with Gasteiger partial charge in [-0.2, -0.15) is 15.1 Å². The number of pyridine rings is 1. The van der Waals surface area contributed by atoms with Gasteiger partial charge in [0.1, 0.15) is 34.3 Å². The summed E-state index contributed by atoms with van der Waals surface area (Å²) in [6, 6.07) is 8.35. The third-order valence-corrected chi connectivity index (χ3v) is 11.6. The van der Waals surface area contributed by atoms with Crippen molar-refractivity contribution >= 4 is 27.5 Å². The number of ether oxygens (including phenoxy) is 1. The van der Waals surface area contributed by atoms with E-state index in [9.17, 15) is 10.2 Å². The Morgan fingerprint density at radius 2 is 1.88 bits per heavy atom. The third kappa shape index (κ3) is 5.92. The van der Waals surface area contributed by atoms with Crippen molar-refractivity contribution in [3.8, 4) is 23.0 Å². The van der Waals surface area contributed by atoms with Gasteiger partial charge in [-0.15, -0.1) is 0 Å². The van der Waals surface area contributed by atoms with Crippen LogP contribution in [0.15, 0.2) is 36.5 Å². The zero-order chi connectivity index (χ0) is 36.3. The average Bonchev–Trinajstić information content (AvgIpc) is 3.69. The first-order valence-corrected chi connectivity index (χ1v) is 18.4. The van der Waals surface area contributed by atoms with Gasteiger partial charge >= 0.3 is 6.01 Å². The van der Waals surface area contributed by atoms with Gasteiger partial charge in [-0.3, -0.25) is 14.6 Å². The number of rotatable bonds is 8. The highest BCUT2D eigenvalue weighted by atomic mass is 19.1. The second-order valence-corrected chi connectivity index (χ2v) is 15.0. The zero-order valence-corrected chi connectivity index (χ0v) is 30.2. The van der Waals surface area contributed by atoms with Gasteiger partial charge in [-0.05, 0) is 107 Å². The molecule has 5 heterocycles. The Morgan fingerprint density at radius 1 is 1.06 bits per heavy atom. The number of aliphatic hydroxyl groups is 1. The number of aryl methyl sites for hydroxylation is 2. The number of fused-ring (bicyclic) bond motifs is 4. The maximum Gasteiger partial charge on any atom is 0.319 e. The van der Waals surface area contributed by atoms with Gasteiger partial charge in [0.25, 0.3) is 0 Å². The molecule has 1 aliphatic carbocycles. The molecule has 13 heteroatoms. The first-order chi connectivity index (χ1) is 25.1. The van der Waals surface area contributed by atoms with Crippen molar-refractivity contribution in [3.05, 3.63) is 65.1 Å². The van der Waals surface area contributed by atoms with Crippen LogP contribution in [-0.4, -0.2) is 91.6 Å². The minimum Gasteiger partial charge on any atom is -0.508 e. The maximum atomic E-state index is 17.2. The Bertz CT molecular complexity index is 2160. The Labute approximate surface area is 301 Å². The largest absolute Gasteiger partial charge is 0.508 e. The number of hydrogen-bond donors (Lipinski definition) is 2. The molecule has 3 aromatic heterocycles. The number of anilines is 1. The lowest BCUT2D eigenvalue weighted by atomic mass is 9.76. The van der Waals surface area contributed by atoms with E-state index in [1.807, 2.05) is 17.7 Å². The van der Waals surface area contributed by atoms with Crippen LogP contribution in [0.5, 0.6) is 11.8 Å². The zero-order valence-electron chi connectivity index (χ0n) is 30.2. The molecule has 1 saturated heterocycles. The van der Waals surface area contributed by atoms with Crippen molar-refractivity contribution in [2.45, 2.75) is 77.2 Å². The van der Waals surface area contributed by atoms with E-state index in [1.54, 1.807) is 37.3 Å². The lowest BCUT2D eigenvalue weighted by Gasteiger charge is -2.44. The molecule has 3 aliphatic rings. The molecule has 11 nitrogen and oxygen atoms in total. The number of hydrogen-bond acceptors (Lipinski definition) is 10. The van der Waals surface area contributed by atoms with Crippen molar-refractivity contribution in [1.82, 2.24) is 34.5 Å². The molecule has 2 aromatic carbocycles. The van der Waals surface area contributed by atoms with Crippen LogP contribution >= 0.6 is 0 Å². The predicted octanol–water partition coefficient (Wildman–Crippen LogP) is 6.19. The van der Waals surface area contributed by atoms with Crippen LogP contribution in [0, 0.1) is 17.0 Å². The first-order valence-electron chi connectivity index (χ1n) is 18.4. The number of nitrogens with zero attached hydrogens (tertiary/aromatic N) is 8. The van der Waals surface area contributed by atoms with Crippen molar-refractivity contribution in [3.63, 3.8) is 0 Å². The van der Waals surface area contributed by atoms with E-state index in [4.69, 9.17) is 14.7 Å². The molecule has 0 radical (unpaired) electrons. The highest BCUT2D eigenvalue weighted by molar-refractivity contribution is 6.01. The number of piperidine rings is 1. The minimum absolute atomic E-state index is 0.0205. The van der Waals surface area contributed by atoms with Crippen LogP contribution in [0.3, 0.4) is 0 Å². The SMILES string of the molecule is CCc1c(F)ccc2cc(O)cc(-c3ncc4c(N5CCCn6nc(C(O)N(C)C)cc6C5)nc(OCC56CCCC5N(C)CCC6)nc4c3F)c12. The molecule has 0 bridgehead atoms. The molecule has 3 atom stereocenters. The van der Waals surface area contributed by atoms with E-state index >= 15 is 8.78 Å². The molecule has 52 heavy (non-hydrogen) atoms. The number of aliphatic hydroxyl groups excluding tert-OH is 1. The van der Waals surface area contributed by atoms with Gasteiger partial charge in [-0.1, -0.05) is 19.4 Å². The second-order valence-electron chi connectivity index (χ2n) is 15.0. The van der Waals surface area contributed by atoms with Crippen LogP contribution in [0.2, 0.25) is 0 Å². The van der Waals surface area contributed by atoms with E-state index in [2.05, 4.69) is 26.9 Å². The fraction of sp³-hybridized carbons (Fsp3) is 0.487. The monoisotopic (exact) mass is 712 g/mol. The lowest BCUT2D eigenvalue weighted by molar-refractivity contribution is 0.0133. The first kappa shape index (κ1) is 34.6. The molecule has 8 rings (SSSR count). The number of phenolic OH excluding ortho intramolecular Hbond substituents is 1. The fourth-order valence-corrected chi connectivity index (χ4v) is 8.99. The molecule has 2 aliphatic heterocycles. The molecule has 2 N–H and O–H groups in total. The van der Waals surface area contributed by atoms with Crippen LogP contribution in [0.4, 0.5) is 14.6 Å². The highest BCUT2D eigenvalue weighted by Crippen LogP contribution is 2.48. The standard InChI is InChI=1S/C39H46F2N8O3/c1-5-26-29(40)11-10-23-17-25(50)19-27(32(23)26)34-33(41)35-28(20-42-34)36(48-15-8-16-49-24(21-48)18-30(45-49)37(51)46(2)3)44-38(43-35)52-22-39-12-6-9-31(39)47(4)14-7-13-39/h10-11,17-20,31,37,50-51H,5-9,12-16,21-22H2,1-4H3. The van der Waals surface area contributed by atoms with Crippen LogP contribution in [0.25, 0.3) is 32.9 Å². The number of phenols is 1. The summed E-state index contributed by atoms with van der Waals surface area (Å²) in [5.74, 6) is -0.685. The lowest BCUT2D eigenvalue weighted by Crippen LogP contribution is -2.50. The summed E-state index contributed by atoms with van der Waals surface area (Å²) in [7, 11) is 5.78. The quantitative estimate of drug-likeness (QED) is 0.181. The molecule has 2 fully saturated rings. The molecule has 1 saturated carbocycles. The summed E-state index contributed by atoms with van der Waals surface area (Å²) in [5, 5.41) is 27.6. The summed E-state index contributed by atoms with van der Waals surface area (Å²) in [6.45, 7) is 5.01. The summed E-state index contributed by atoms with van der Waals surface area (Å²) < 4.78 is 40.7. The van der Waals surface area contributed by atoms with Gasteiger partial charge < -0.3 is 24.7 Å². The Kier molecular flexibility index (Phi) is 8.99. The third-order valence-electron chi connectivity index (χ3n) is 11.6. The molecule has 0 spiro atoms. The van der Waals surface area contributed by atoms with Crippen molar-refractivity contribution in [1.29, 1.82) is 0 Å². The number of benzene rings is 2. The van der Waals surface area contributed by atoms with Crippen LogP contribution in [-0.2, 0) is 19.5 Å². The van der Waals surface area contributed by atoms with E-state index in [0.29, 0.717) is 71.9 Å². The predicted molar refractivity (Wildman–Crippen MR) is 195 cm³/mol. The van der Waals surface area contributed by atoms with Gasteiger partial charge in [0.15, 0.2) is 12.0 Å². The van der Waals surface area contributed by atoms with Crippen molar-refractivity contribution in [2.75, 3.05) is 45.7 Å². The summed E-state index contributed by atoms with van der Waals surface area (Å²) in [5.41, 5.74) is 2.14. The van der Waals surface area contributed by atoms with Gasteiger partial charge in [0.05, 0.1) is 24.2 Å². The van der Waals surface area contributed by atoms with Crippen LogP contribution in [0.1, 0.15) is 68.6 Å². The Morgan fingerprint density at radius 3 is 2.69 bits per heavy atom. The summed E-state index contributed by atoms with van der Waals surface area (Å²) >= 11 is 0. The van der Waals surface area contributed by atoms with Gasteiger partial charge in [0.2, 0.25) is 0 Å². The summed E-state index contributed by atoms with van der Waals surface area (Å²) in [6.07, 6.45) is 7.29. The average molecular weight is 713 g/mol. The van der Waals surface area contributed by atoms with Crippen molar-refractivity contribution < 1.29 is 23.7 Å². The Hall–Kier alpha value is -4.46. The highest BCUT2D eigenvalue weighted by Gasteiger charge is 2.47. The fourth-order valence-electron chi connectivity index (χ4n) is 8.99. The van der Waals surface area contributed by atoms with Gasteiger partial charge in [0, 0.05) is 36.3 Å². The maximum absolute atomic E-state index is 17.2. The number of halogens is 2. The smallest absolute Gasteiger partial charge is 0.319 e. The van der Waals surface area contributed by atoms with Crippen molar-refractivity contribution in [2.24, 2.45) is 5.41 Å². The topological polar surface area (TPSA) is 116 Å². The van der Waals surface area contributed by atoms with Crippen LogP contribution < -0.4 is 9.64 Å². The number of aromatic hydroxyl groups is 1. The van der Waals surface area contributed by atoms with E-state index in [-0.39, 0.29) is 33.9 Å².